The molecular formula is C11H20N2O5. The molecule has 18 heavy (non-hydrogen) atoms. The molecule has 1 heterocycles. The first kappa shape index (κ1) is 14.7. The lowest BCUT2D eigenvalue weighted by atomic mass is 10.0. The van der Waals surface area contributed by atoms with Crippen LogP contribution in [0.1, 0.15) is 20.3 Å². The van der Waals surface area contributed by atoms with E-state index >= 15 is 0 Å². The van der Waals surface area contributed by atoms with Gasteiger partial charge in [-0.05, 0) is 13.8 Å². The van der Waals surface area contributed by atoms with E-state index in [0.717, 1.165) is 0 Å². The van der Waals surface area contributed by atoms with E-state index in [-0.39, 0.29) is 13.0 Å². The van der Waals surface area contributed by atoms with E-state index in [0.29, 0.717) is 19.8 Å². The number of carboxylic acids is 1. The second-order valence-electron chi connectivity index (χ2n) is 4.87. The van der Waals surface area contributed by atoms with Crippen LogP contribution >= 0.6 is 0 Å². The summed E-state index contributed by atoms with van der Waals surface area (Å²) in [5.74, 6) is -1.15. The number of carbonyl (C=O) groups excluding carboxylic acids is 1. The maximum atomic E-state index is 12.0. The third kappa shape index (κ3) is 3.58. The Kier molecular flexibility index (Phi) is 4.92. The molecule has 0 saturated carbocycles. The molecule has 2 amide bonds. The minimum Gasteiger partial charge on any atom is -0.480 e. The fourth-order valence-corrected chi connectivity index (χ4v) is 1.85. The van der Waals surface area contributed by atoms with Crippen LogP contribution in [-0.2, 0) is 9.53 Å². The van der Waals surface area contributed by atoms with Crippen LogP contribution in [0.25, 0.3) is 0 Å². The topological polar surface area (TPSA) is 99.1 Å². The van der Waals surface area contributed by atoms with Crippen molar-refractivity contribution in [1.82, 2.24) is 10.2 Å². The Morgan fingerprint density at radius 2 is 2.17 bits per heavy atom. The maximum Gasteiger partial charge on any atom is 0.326 e. The Bertz CT molecular complexity index is 319. The van der Waals surface area contributed by atoms with Gasteiger partial charge in [-0.15, -0.1) is 0 Å². The summed E-state index contributed by atoms with van der Waals surface area (Å²) < 4.78 is 5.29. The molecule has 1 saturated heterocycles. The van der Waals surface area contributed by atoms with Crippen molar-refractivity contribution in [3.63, 3.8) is 0 Å². The Morgan fingerprint density at radius 3 is 2.67 bits per heavy atom. The van der Waals surface area contributed by atoms with Crippen molar-refractivity contribution in [1.29, 1.82) is 0 Å². The molecule has 1 fully saturated rings. The van der Waals surface area contributed by atoms with E-state index in [1.165, 1.54) is 0 Å². The summed E-state index contributed by atoms with van der Waals surface area (Å²) in [6.07, 6.45) is -0.00809. The molecule has 1 aliphatic rings. The molecule has 3 N–H and O–H groups in total. The molecule has 0 bridgehead atoms. The predicted molar refractivity (Wildman–Crippen MR) is 63.3 cm³/mol. The molecule has 1 atom stereocenters. The van der Waals surface area contributed by atoms with Crippen molar-refractivity contribution in [3.05, 3.63) is 0 Å². The molecule has 0 spiro atoms. The van der Waals surface area contributed by atoms with Gasteiger partial charge in [0.25, 0.3) is 0 Å². The molecule has 1 rings (SSSR count). The average molecular weight is 260 g/mol. The third-order valence-electron chi connectivity index (χ3n) is 2.90. The number of hydrogen-bond acceptors (Lipinski definition) is 4. The van der Waals surface area contributed by atoms with Gasteiger partial charge < -0.3 is 25.2 Å². The van der Waals surface area contributed by atoms with E-state index < -0.39 is 23.6 Å². The lowest BCUT2D eigenvalue weighted by Gasteiger charge is -2.42. The molecule has 0 radical (unpaired) electrons. The minimum absolute atomic E-state index is 0.00809. The highest BCUT2D eigenvalue weighted by atomic mass is 16.5. The number of aliphatic hydroxyl groups excluding tert-OH is 1. The van der Waals surface area contributed by atoms with Crippen molar-refractivity contribution < 1.29 is 24.5 Å². The number of ether oxygens (including phenoxy) is 1. The summed E-state index contributed by atoms with van der Waals surface area (Å²) in [6, 6.07) is -1.51. The van der Waals surface area contributed by atoms with Gasteiger partial charge in [0, 0.05) is 19.6 Å². The van der Waals surface area contributed by atoms with Gasteiger partial charge in [-0.25, -0.2) is 9.59 Å². The van der Waals surface area contributed by atoms with Crippen LogP contribution in [0, 0.1) is 0 Å². The number of nitrogens with one attached hydrogen (secondary N) is 1. The number of hydrogen-bond donors (Lipinski definition) is 3. The van der Waals surface area contributed by atoms with Gasteiger partial charge in [-0.2, -0.15) is 0 Å². The van der Waals surface area contributed by atoms with Gasteiger partial charge in [-0.1, -0.05) is 0 Å². The number of nitrogens with zero attached hydrogens (tertiary/aromatic N) is 1. The molecular weight excluding hydrogens is 240 g/mol. The molecule has 7 heteroatoms. The first-order chi connectivity index (χ1) is 8.38. The van der Waals surface area contributed by atoms with Gasteiger partial charge in [0.1, 0.15) is 6.04 Å². The number of aliphatic hydroxyl groups is 1. The molecule has 0 aromatic carbocycles. The molecule has 1 aliphatic heterocycles. The Labute approximate surface area is 106 Å². The monoisotopic (exact) mass is 260 g/mol. The van der Waals surface area contributed by atoms with E-state index in [1.807, 2.05) is 13.8 Å². The summed E-state index contributed by atoms with van der Waals surface area (Å²) >= 11 is 0. The van der Waals surface area contributed by atoms with Crippen molar-refractivity contribution in [2.45, 2.75) is 31.8 Å². The van der Waals surface area contributed by atoms with E-state index in [9.17, 15) is 9.59 Å². The van der Waals surface area contributed by atoms with Crippen LogP contribution in [-0.4, -0.2) is 65.1 Å². The average Bonchev–Trinajstić information content (AvgIpc) is 2.27. The fourth-order valence-electron chi connectivity index (χ4n) is 1.85. The molecule has 0 aromatic heterocycles. The first-order valence-corrected chi connectivity index (χ1v) is 5.88. The maximum absolute atomic E-state index is 12.0. The highest BCUT2D eigenvalue weighted by molar-refractivity contribution is 5.83. The summed E-state index contributed by atoms with van der Waals surface area (Å²) in [6.45, 7) is 4.70. The van der Waals surface area contributed by atoms with Gasteiger partial charge in [-0.3, -0.25) is 0 Å². The van der Waals surface area contributed by atoms with Crippen molar-refractivity contribution in [2.75, 3.05) is 26.4 Å². The zero-order valence-corrected chi connectivity index (χ0v) is 10.7. The summed E-state index contributed by atoms with van der Waals surface area (Å²) in [5.41, 5.74) is -0.468. The zero-order valence-electron chi connectivity index (χ0n) is 10.7. The number of carbonyl (C=O) groups is 2. The van der Waals surface area contributed by atoms with Crippen molar-refractivity contribution >= 4 is 12.0 Å². The number of carboxylic acid groups (broad SMARTS) is 1. The van der Waals surface area contributed by atoms with E-state index in [4.69, 9.17) is 14.9 Å². The number of rotatable bonds is 4. The van der Waals surface area contributed by atoms with Crippen molar-refractivity contribution in [3.8, 4) is 0 Å². The Hall–Kier alpha value is -1.34. The highest BCUT2D eigenvalue weighted by Gasteiger charge is 2.35. The largest absolute Gasteiger partial charge is 0.480 e. The van der Waals surface area contributed by atoms with E-state index in [2.05, 4.69) is 5.32 Å². The standard InChI is InChI=1S/C11H20N2O5/c1-11(2)7-18-6-4-13(11)10(17)12-8(3-5-14)9(15)16/h8,14H,3-7H2,1-2H3,(H,12,17)(H,15,16)/t8-/m1/s1. The van der Waals surface area contributed by atoms with Crippen molar-refractivity contribution in [2.24, 2.45) is 0 Å². The van der Waals surface area contributed by atoms with Crippen LogP contribution < -0.4 is 5.32 Å². The van der Waals surface area contributed by atoms with Crippen LogP contribution in [0.3, 0.4) is 0 Å². The zero-order chi connectivity index (χ0) is 13.8. The Morgan fingerprint density at radius 1 is 1.50 bits per heavy atom. The second kappa shape index (κ2) is 6.01. The van der Waals surface area contributed by atoms with E-state index in [1.54, 1.807) is 4.90 Å². The van der Waals surface area contributed by atoms with Gasteiger partial charge >= 0.3 is 12.0 Å². The first-order valence-electron chi connectivity index (χ1n) is 5.88. The van der Waals surface area contributed by atoms with Crippen LogP contribution in [0.2, 0.25) is 0 Å². The molecule has 0 aliphatic carbocycles. The number of amides is 2. The number of morpholine rings is 1. The molecule has 0 aromatic rings. The summed E-state index contributed by atoms with van der Waals surface area (Å²) in [5, 5.41) is 20.1. The molecule has 104 valence electrons. The minimum atomic E-state index is -1.15. The SMILES string of the molecule is CC1(C)COCCN1C(=O)N[C@H](CCO)C(=O)O. The summed E-state index contributed by atoms with van der Waals surface area (Å²) in [4.78, 5) is 24.5. The molecule has 0 unspecified atom stereocenters. The second-order valence-corrected chi connectivity index (χ2v) is 4.87. The fraction of sp³-hybridized carbons (Fsp3) is 0.818. The van der Waals surface area contributed by atoms with Crippen LogP contribution in [0.5, 0.6) is 0 Å². The predicted octanol–water partition coefficient (Wildman–Crippen LogP) is -0.358. The third-order valence-corrected chi connectivity index (χ3v) is 2.90. The highest BCUT2D eigenvalue weighted by Crippen LogP contribution is 2.19. The lowest BCUT2D eigenvalue weighted by molar-refractivity contribution is -0.139. The molecule has 7 nitrogen and oxygen atoms in total. The quantitative estimate of drug-likeness (QED) is 0.641. The Balaban J connectivity index is 2.65. The number of aliphatic carboxylic acids is 1. The van der Waals surface area contributed by atoms with Gasteiger partial charge in [0.05, 0.1) is 18.8 Å². The number of urea groups is 1. The van der Waals surface area contributed by atoms with Gasteiger partial charge in [0.2, 0.25) is 0 Å². The van der Waals surface area contributed by atoms with Gasteiger partial charge in [0.15, 0.2) is 0 Å². The lowest BCUT2D eigenvalue weighted by Crippen LogP contribution is -2.60. The van der Waals surface area contributed by atoms with Crippen LogP contribution in [0.15, 0.2) is 0 Å². The normalized spacial score (nSPS) is 20.3. The smallest absolute Gasteiger partial charge is 0.326 e. The summed E-state index contributed by atoms with van der Waals surface area (Å²) in [7, 11) is 0. The van der Waals surface area contributed by atoms with Crippen LogP contribution in [0.4, 0.5) is 4.79 Å².